The molecule has 0 saturated carbocycles. The highest BCUT2D eigenvalue weighted by Gasteiger charge is 2.12. The van der Waals surface area contributed by atoms with Gasteiger partial charge in [-0.05, 0) is 36.1 Å². The molecule has 0 radical (unpaired) electrons. The second kappa shape index (κ2) is 4.61. The van der Waals surface area contributed by atoms with Crippen molar-refractivity contribution < 1.29 is 9.90 Å². The molecule has 1 aromatic rings. The molecule has 0 heterocycles. The Balaban J connectivity index is 3.33. The topological polar surface area (TPSA) is 61.1 Å². The fraction of sp³-hybridized carbons (Fsp3) is 0.333. The summed E-state index contributed by atoms with van der Waals surface area (Å²) in [6.45, 7) is 3.81. The number of nitriles is 1. The number of hydrogen-bond donors (Lipinski definition) is 1. The van der Waals surface area contributed by atoms with E-state index in [-0.39, 0.29) is 6.42 Å². The summed E-state index contributed by atoms with van der Waals surface area (Å²) in [7, 11) is 0. The van der Waals surface area contributed by atoms with Crippen LogP contribution in [-0.4, -0.2) is 11.1 Å². The van der Waals surface area contributed by atoms with Gasteiger partial charge < -0.3 is 5.11 Å². The van der Waals surface area contributed by atoms with Crippen molar-refractivity contribution in [2.75, 3.05) is 0 Å². The van der Waals surface area contributed by atoms with Gasteiger partial charge >= 0.3 is 5.97 Å². The molecule has 78 valence electrons. The van der Waals surface area contributed by atoms with Crippen molar-refractivity contribution in [2.45, 2.75) is 26.7 Å². The number of rotatable bonds is 3. The monoisotopic (exact) mass is 203 g/mol. The third-order valence-corrected chi connectivity index (χ3v) is 2.47. The number of carboxylic acids is 1. The highest BCUT2D eigenvalue weighted by molar-refractivity contribution is 5.72. The number of aryl methyl sites for hydroxylation is 1. The van der Waals surface area contributed by atoms with Crippen molar-refractivity contribution in [3.63, 3.8) is 0 Å². The number of hydrogen-bond acceptors (Lipinski definition) is 2. The maximum atomic E-state index is 10.7. The lowest BCUT2D eigenvalue weighted by Gasteiger charge is -2.10. The van der Waals surface area contributed by atoms with E-state index in [1.807, 2.05) is 13.8 Å². The Kier molecular flexibility index (Phi) is 3.46. The average molecular weight is 203 g/mol. The predicted octanol–water partition coefficient (Wildman–Crippen LogP) is 2.06. The zero-order valence-electron chi connectivity index (χ0n) is 8.87. The van der Waals surface area contributed by atoms with Crippen LogP contribution in [-0.2, 0) is 17.6 Å². The van der Waals surface area contributed by atoms with E-state index in [0.29, 0.717) is 12.0 Å². The number of nitrogens with zero attached hydrogens (tertiary/aromatic N) is 1. The highest BCUT2D eigenvalue weighted by atomic mass is 16.4. The zero-order valence-corrected chi connectivity index (χ0v) is 8.87. The maximum absolute atomic E-state index is 10.7. The minimum absolute atomic E-state index is 0.00940. The van der Waals surface area contributed by atoms with Gasteiger partial charge in [0, 0.05) is 0 Å². The summed E-state index contributed by atoms with van der Waals surface area (Å²) in [5.74, 6) is -0.858. The van der Waals surface area contributed by atoms with E-state index in [0.717, 1.165) is 16.7 Å². The molecule has 0 aliphatic carbocycles. The fourth-order valence-corrected chi connectivity index (χ4v) is 1.72. The largest absolute Gasteiger partial charge is 0.481 e. The quantitative estimate of drug-likeness (QED) is 0.817. The zero-order chi connectivity index (χ0) is 11.4. The minimum atomic E-state index is -0.858. The lowest BCUT2D eigenvalue weighted by molar-refractivity contribution is -0.136. The summed E-state index contributed by atoms with van der Waals surface area (Å²) in [6, 6.07) is 5.65. The number of benzene rings is 1. The molecule has 0 fully saturated rings. The number of carboxylic acid groups (broad SMARTS) is 1. The second-order valence-electron chi connectivity index (χ2n) is 3.42. The van der Waals surface area contributed by atoms with Crippen molar-refractivity contribution in [2.24, 2.45) is 0 Å². The SMILES string of the molecule is CCc1c(C#N)ccc(C)c1CC(=O)O. The van der Waals surface area contributed by atoms with Gasteiger partial charge in [-0.3, -0.25) is 4.79 Å². The third kappa shape index (κ3) is 2.35. The molecule has 15 heavy (non-hydrogen) atoms. The molecule has 0 spiro atoms. The third-order valence-electron chi connectivity index (χ3n) is 2.47. The Morgan fingerprint density at radius 3 is 2.60 bits per heavy atom. The summed E-state index contributed by atoms with van der Waals surface area (Å²) >= 11 is 0. The Morgan fingerprint density at radius 2 is 2.13 bits per heavy atom. The first-order valence-corrected chi connectivity index (χ1v) is 4.83. The van der Waals surface area contributed by atoms with Gasteiger partial charge in [0.15, 0.2) is 0 Å². The van der Waals surface area contributed by atoms with Crippen molar-refractivity contribution >= 4 is 5.97 Å². The van der Waals surface area contributed by atoms with E-state index < -0.39 is 5.97 Å². The molecule has 0 bridgehead atoms. The highest BCUT2D eigenvalue weighted by Crippen LogP contribution is 2.20. The van der Waals surface area contributed by atoms with Crippen molar-refractivity contribution in [3.8, 4) is 6.07 Å². The van der Waals surface area contributed by atoms with Gasteiger partial charge in [-0.2, -0.15) is 5.26 Å². The van der Waals surface area contributed by atoms with Crippen LogP contribution in [0.15, 0.2) is 12.1 Å². The maximum Gasteiger partial charge on any atom is 0.307 e. The molecule has 1 rings (SSSR count). The van der Waals surface area contributed by atoms with Gasteiger partial charge in [0.2, 0.25) is 0 Å². The molecular weight excluding hydrogens is 190 g/mol. The normalized spacial score (nSPS) is 9.67. The summed E-state index contributed by atoms with van der Waals surface area (Å²) in [5.41, 5.74) is 3.16. The predicted molar refractivity (Wildman–Crippen MR) is 56.6 cm³/mol. The fourth-order valence-electron chi connectivity index (χ4n) is 1.72. The average Bonchev–Trinajstić information content (AvgIpc) is 2.20. The van der Waals surface area contributed by atoms with E-state index in [1.54, 1.807) is 12.1 Å². The molecule has 1 aromatic carbocycles. The molecular formula is C12H13NO2. The summed E-state index contributed by atoms with van der Waals surface area (Å²) in [5, 5.41) is 17.7. The van der Waals surface area contributed by atoms with Crippen LogP contribution in [0.25, 0.3) is 0 Å². The molecule has 0 saturated heterocycles. The van der Waals surface area contributed by atoms with E-state index >= 15 is 0 Å². The van der Waals surface area contributed by atoms with Crippen LogP contribution in [0.2, 0.25) is 0 Å². The van der Waals surface area contributed by atoms with E-state index in [1.165, 1.54) is 0 Å². The first-order chi connectivity index (χ1) is 7.10. The first kappa shape index (κ1) is 11.3. The molecule has 1 N–H and O–H groups in total. The molecule has 0 aliphatic rings. The van der Waals surface area contributed by atoms with Crippen molar-refractivity contribution in [1.29, 1.82) is 5.26 Å². The molecule has 0 unspecified atom stereocenters. The lowest BCUT2D eigenvalue weighted by atomic mass is 9.93. The Labute approximate surface area is 89.0 Å². The van der Waals surface area contributed by atoms with E-state index in [2.05, 4.69) is 6.07 Å². The van der Waals surface area contributed by atoms with Gasteiger partial charge in [-0.1, -0.05) is 13.0 Å². The summed E-state index contributed by atoms with van der Waals surface area (Å²) < 4.78 is 0. The molecule has 3 nitrogen and oxygen atoms in total. The van der Waals surface area contributed by atoms with Crippen LogP contribution in [0, 0.1) is 18.3 Å². The second-order valence-corrected chi connectivity index (χ2v) is 3.42. The molecule has 3 heteroatoms. The van der Waals surface area contributed by atoms with Crippen LogP contribution >= 0.6 is 0 Å². The van der Waals surface area contributed by atoms with Crippen LogP contribution in [0.5, 0.6) is 0 Å². The van der Waals surface area contributed by atoms with Crippen LogP contribution in [0.1, 0.15) is 29.2 Å². The summed E-state index contributed by atoms with van der Waals surface area (Å²) in [4.78, 5) is 10.7. The number of carbonyl (C=O) groups is 1. The van der Waals surface area contributed by atoms with E-state index in [4.69, 9.17) is 10.4 Å². The number of aliphatic carboxylic acids is 1. The Hall–Kier alpha value is -1.82. The van der Waals surface area contributed by atoms with Gasteiger partial charge in [-0.25, -0.2) is 0 Å². The summed E-state index contributed by atoms with van der Waals surface area (Å²) in [6.07, 6.45) is 0.678. The van der Waals surface area contributed by atoms with Crippen LogP contribution in [0.4, 0.5) is 0 Å². The Morgan fingerprint density at radius 1 is 1.47 bits per heavy atom. The smallest absolute Gasteiger partial charge is 0.307 e. The van der Waals surface area contributed by atoms with Crippen molar-refractivity contribution in [3.05, 3.63) is 34.4 Å². The van der Waals surface area contributed by atoms with Gasteiger partial charge in [0.25, 0.3) is 0 Å². The van der Waals surface area contributed by atoms with Gasteiger partial charge in [-0.15, -0.1) is 0 Å². The van der Waals surface area contributed by atoms with Crippen molar-refractivity contribution in [1.82, 2.24) is 0 Å². The Bertz CT molecular complexity index is 430. The first-order valence-electron chi connectivity index (χ1n) is 4.83. The lowest BCUT2D eigenvalue weighted by Crippen LogP contribution is -2.07. The van der Waals surface area contributed by atoms with Gasteiger partial charge in [0.1, 0.15) is 0 Å². The standard InChI is InChI=1S/C12H13NO2/c1-3-10-9(7-13)5-4-8(2)11(10)6-12(14)15/h4-5H,3,6H2,1-2H3,(H,14,15). The molecule has 0 aliphatic heterocycles. The van der Waals surface area contributed by atoms with Crippen LogP contribution in [0.3, 0.4) is 0 Å². The van der Waals surface area contributed by atoms with Crippen LogP contribution < -0.4 is 0 Å². The van der Waals surface area contributed by atoms with Gasteiger partial charge in [0.05, 0.1) is 18.1 Å². The van der Waals surface area contributed by atoms with E-state index in [9.17, 15) is 4.79 Å². The molecule has 0 atom stereocenters. The minimum Gasteiger partial charge on any atom is -0.481 e. The molecule has 0 amide bonds. The molecule has 0 aromatic heterocycles.